The van der Waals surface area contributed by atoms with E-state index in [0.29, 0.717) is 5.02 Å². The Labute approximate surface area is 127 Å². The average molecular weight is 297 g/mol. The molecule has 0 aromatic heterocycles. The Morgan fingerprint density at radius 3 is 2.67 bits per heavy atom. The van der Waals surface area contributed by atoms with Gasteiger partial charge in [0.25, 0.3) is 0 Å². The second-order valence-electron chi connectivity index (χ2n) is 4.75. The zero-order valence-electron chi connectivity index (χ0n) is 11.3. The highest BCUT2D eigenvalue weighted by atomic mass is 35.5. The number of esters is 1. The Morgan fingerprint density at radius 2 is 1.86 bits per heavy atom. The van der Waals surface area contributed by atoms with Gasteiger partial charge in [0.2, 0.25) is 0 Å². The van der Waals surface area contributed by atoms with Crippen molar-refractivity contribution in [1.82, 2.24) is 0 Å². The number of halogens is 1. The van der Waals surface area contributed by atoms with Crippen LogP contribution in [0.25, 0.3) is 21.5 Å². The van der Waals surface area contributed by atoms with E-state index >= 15 is 0 Å². The molecule has 0 saturated heterocycles. The van der Waals surface area contributed by atoms with Crippen LogP contribution in [-0.4, -0.2) is 5.97 Å². The minimum atomic E-state index is -0.432. The van der Waals surface area contributed by atoms with E-state index in [9.17, 15) is 4.79 Å². The molecule has 3 aromatic rings. The van der Waals surface area contributed by atoms with Crippen molar-refractivity contribution in [1.29, 1.82) is 0 Å². The summed E-state index contributed by atoms with van der Waals surface area (Å²) in [6, 6.07) is 15.9. The van der Waals surface area contributed by atoms with Crippen LogP contribution in [0.15, 0.2) is 61.2 Å². The van der Waals surface area contributed by atoms with Gasteiger partial charge < -0.3 is 4.74 Å². The van der Waals surface area contributed by atoms with Crippen LogP contribution in [0.2, 0.25) is 5.02 Å². The van der Waals surface area contributed by atoms with Gasteiger partial charge in [0.1, 0.15) is 6.61 Å². The van der Waals surface area contributed by atoms with Crippen molar-refractivity contribution in [3.05, 3.63) is 71.8 Å². The summed E-state index contributed by atoms with van der Waals surface area (Å²) in [7, 11) is 0. The molecule has 104 valence electrons. The van der Waals surface area contributed by atoms with Gasteiger partial charge >= 0.3 is 5.97 Å². The fourth-order valence-corrected chi connectivity index (χ4v) is 2.66. The molecule has 0 saturated carbocycles. The molecule has 0 amide bonds. The summed E-state index contributed by atoms with van der Waals surface area (Å²) in [5, 5.41) is 4.90. The van der Waals surface area contributed by atoms with E-state index in [0.717, 1.165) is 27.1 Å². The fourth-order valence-electron chi connectivity index (χ4n) is 2.48. The highest BCUT2D eigenvalue weighted by molar-refractivity contribution is 6.31. The molecule has 3 heteroatoms. The summed E-state index contributed by atoms with van der Waals surface area (Å²) in [6.07, 6.45) is 1.17. The van der Waals surface area contributed by atoms with Crippen molar-refractivity contribution in [2.45, 2.75) is 6.61 Å². The summed E-state index contributed by atoms with van der Waals surface area (Å²) in [5.41, 5.74) is 0.959. The molecular formula is C18H13ClO2. The van der Waals surface area contributed by atoms with E-state index in [1.54, 1.807) is 0 Å². The lowest BCUT2D eigenvalue weighted by Gasteiger charge is -2.12. The molecule has 0 spiro atoms. The predicted octanol–water partition coefficient (Wildman–Crippen LogP) is 4.88. The maximum atomic E-state index is 11.4. The lowest BCUT2D eigenvalue weighted by molar-refractivity contribution is -0.138. The van der Waals surface area contributed by atoms with Crippen LogP contribution in [0, 0.1) is 0 Å². The number of benzene rings is 3. The number of hydrogen-bond donors (Lipinski definition) is 0. The quantitative estimate of drug-likeness (QED) is 0.391. The maximum absolute atomic E-state index is 11.4. The Hall–Kier alpha value is -2.32. The van der Waals surface area contributed by atoms with Crippen LogP contribution in [0.4, 0.5) is 0 Å². The van der Waals surface area contributed by atoms with Crippen molar-refractivity contribution in [3.63, 3.8) is 0 Å². The van der Waals surface area contributed by atoms with Crippen LogP contribution < -0.4 is 0 Å². The van der Waals surface area contributed by atoms with Gasteiger partial charge in [-0.2, -0.15) is 0 Å². The van der Waals surface area contributed by atoms with Gasteiger partial charge in [0.05, 0.1) is 0 Å². The zero-order chi connectivity index (χ0) is 14.8. The average Bonchev–Trinajstić information content (AvgIpc) is 2.51. The third kappa shape index (κ3) is 2.63. The molecule has 0 unspecified atom stereocenters. The predicted molar refractivity (Wildman–Crippen MR) is 86.5 cm³/mol. The van der Waals surface area contributed by atoms with Crippen LogP contribution in [0.1, 0.15) is 5.56 Å². The van der Waals surface area contributed by atoms with Gasteiger partial charge in [-0.15, -0.1) is 0 Å². The molecule has 0 radical (unpaired) electrons. The molecule has 2 nitrogen and oxygen atoms in total. The van der Waals surface area contributed by atoms with E-state index < -0.39 is 5.97 Å². The van der Waals surface area contributed by atoms with Gasteiger partial charge in [0, 0.05) is 16.7 Å². The normalized spacial score (nSPS) is 10.7. The highest BCUT2D eigenvalue weighted by Crippen LogP contribution is 2.31. The molecular weight excluding hydrogens is 284 g/mol. The zero-order valence-corrected chi connectivity index (χ0v) is 12.1. The number of hydrogen-bond acceptors (Lipinski definition) is 2. The van der Waals surface area contributed by atoms with Crippen LogP contribution in [0.3, 0.4) is 0 Å². The second-order valence-corrected chi connectivity index (χ2v) is 5.19. The summed E-state index contributed by atoms with van der Waals surface area (Å²) < 4.78 is 5.23. The molecule has 0 bridgehead atoms. The van der Waals surface area contributed by atoms with E-state index in [2.05, 4.69) is 12.6 Å². The molecule has 0 fully saturated rings. The molecule has 21 heavy (non-hydrogen) atoms. The smallest absolute Gasteiger partial charge is 0.330 e. The number of rotatable bonds is 3. The molecule has 0 N–H and O–H groups in total. The SMILES string of the molecule is C=CC(=O)OCc1c2ccccc2cc2ccc(Cl)cc12. The molecule has 3 aromatic carbocycles. The Balaban J connectivity index is 2.25. The standard InChI is InChI=1S/C18H13ClO2/c1-2-18(20)21-11-17-15-6-4-3-5-12(15)9-13-7-8-14(19)10-16(13)17/h2-10H,1,11H2. The van der Waals surface area contributed by atoms with Crippen molar-refractivity contribution in [2.24, 2.45) is 0 Å². The number of carbonyl (C=O) groups excluding carboxylic acids is 1. The van der Waals surface area contributed by atoms with E-state index in [-0.39, 0.29) is 6.61 Å². The largest absolute Gasteiger partial charge is 0.458 e. The molecule has 0 atom stereocenters. The number of carbonyl (C=O) groups is 1. The summed E-state index contributed by atoms with van der Waals surface area (Å²) >= 11 is 6.11. The monoisotopic (exact) mass is 296 g/mol. The van der Waals surface area contributed by atoms with E-state index in [1.807, 2.05) is 42.5 Å². The molecule has 3 rings (SSSR count). The first-order chi connectivity index (χ1) is 10.2. The minimum absolute atomic E-state index is 0.197. The van der Waals surface area contributed by atoms with Crippen LogP contribution >= 0.6 is 11.6 Å². The van der Waals surface area contributed by atoms with Crippen molar-refractivity contribution >= 4 is 39.1 Å². The first-order valence-corrected chi connectivity index (χ1v) is 6.96. The Kier molecular flexibility index (Phi) is 3.63. The second kappa shape index (κ2) is 5.58. The topological polar surface area (TPSA) is 26.3 Å². The maximum Gasteiger partial charge on any atom is 0.330 e. The van der Waals surface area contributed by atoms with Gasteiger partial charge in [-0.1, -0.05) is 48.5 Å². The van der Waals surface area contributed by atoms with Gasteiger partial charge in [0.15, 0.2) is 0 Å². The van der Waals surface area contributed by atoms with Crippen molar-refractivity contribution < 1.29 is 9.53 Å². The van der Waals surface area contributed by atoms with E-state index in [4.69, 9.17) is 16.3 Å². The first kappa shape index (κ1) is 13.7. The third-order valence-electron chi connectivity index (χ3n) is 3.46. The summed E-state index contributed by atoms with van der Waals surface area (Å²) in [5.74, 6) is -0.432. The molecule has 0 aliphatic carbocycles. The summed E-state index contributed by atoms with van der Waals surface area (Å²) in [4.78, 5) is 11.4. The van der Waals surface area contributed by atoms with Crippen LogP contribution in [0.5, 0.6) is 0 Å². The first-order valence-electron chi connectivity index (χ1n) is 6.58. The number of fused-ring (bicyclic) bond motifs is 2. The van der Waals surface area contributed by atoms with E-state index in [1.165, 1.54) is 6.08 Å². The third-order valence-corrected chi connectivity index (χ3v) is 3.70. The fraction of sp³-hybridized carbons (Fsp3) is 0.0556. The van der Waals surface area contributed by atoms with Crippen molar-refractivity contribution in [2.75, 3.05) is 0 Å². The van der Waals surface area contributed by atoms with Gasteiger partial charge in [-0.25, -0.2) is 4.79 Å². The molecule has 0 aliphatic heterocycles. The Bertz CT molecular complexity index is 852. The summed E-state index contributed by atoms with van der Waals surface area (Å²) in [6.45, 7) is 3.61. The molecule has 0 heterocycles. The lowest BCUT2D eigenvalue weighted by atomic mass is 9.97. The minimum Gasteiger partial charge on any atom is -0.458 e. The van der Waals surface area contributed by atoms with Crippen molar-refractivity contribution in [3.8, 4) is 0 Å². The van der Waals surface area contributed by atoms with Crippen LogP contribution in [-0.2, 0) is 16.1 Å². The lowest BCUT2D eigenvalue weighted by Crippen LogP contribution is -2.01. The van der Waals surface area contributed by atoms with Gasteiger partial charge in [-0.05, 0) is 39.7 Å². The number of ether oxygens (including phenoxy) is 1. The molecule has 0 aliphatic rings. The van der Waals surface area contributed by atoms with Gasteiger partial charge in [-0.3, -0.25) is 0 Å². The Morgan fingerprint density at radius 1 is 1.10 bits per heavy atom. The highest BCUT2D eigenvalue weighted by Gasteiger charge is 2.09.